The van der Waals surface area contributed by atoms with Crippen molar-refractivity contribution in [3.8, 4) is 0 Å². The van der Waals surface area contributed by atoms with Crippen LogP contribution in [0.25, 0.3) is 0 Å². The van der Waals surface area contributed by atoms with Gasteiger partial charge in [-0.1, -0.05) is 29.8 Å². The molecular formula is C21H24ClFN2O3. The molecule has 1 aliphatic heterocycles. The minimum absolute atomic E-state index is 0.0854. The Bertz CT molecular complexity index is 888. The van der Waals surface area contributed by atoms with Crippen molar-refractivity contribution >= 4 is 17.5 Å². The van der Waals surface area contributed by atoms with E-state index < -0.39 is 12.3 Å². The first kappa shape index (κ1) is 20.7. The highest BCUT2D eigenvalue weighted by molar-refractivity contribution is 6.32. The molecule has 0 aliphatic carbocycles. The number of halogens is 2. The van der Waals surface area contributed by atoms with E-state index in [2.05, 4.69) is 4.98 Å². The van der Waals surface area contributed by atoms with Crippen LogP contribution in [0.2, 0.25) is 5.02 Å². The molecule has 0 fully saturated rings. The summed E-state index contributed by atoms with van der Waals surface area (Å²) in [4.78, 5) is 18.7. The lowest BCUT2D eigenvalue weighted by atomic mass is 9.83. The molecule has 2 atom stereocenters. The Morgan fingerprint density at radius 1 is 1.43 bits per heavy atom. The predicted octanol–water partition coefficient (Wildman–Crippen LogP) is 3.09. The smallest absolute Gasteiger partial charge is 0.227 e. The van der Waals surface area contributed by atoms with Crippen molar-refractivity contribution in [3.63, 3.8) is 0 Å². The number of hydrogen-bond acceptors (Lipinski definition) is 4. The summed E-state index contributed by atoms with van der Waals surface area (Å²) in [5.41, 5.74) is 1.84. The van der Waals surface area contributed by atoms with Gasteiger partial charge in [-0.3, -0.25) is 9.78 Å². The Balaban J connectivity index is 1.86. The molecule has 2 N–H and O–H groups in total. The third-order valence-corrected chi connectivity index (χ3v) is 5.89. The highest BCUT2D eigenvalue weighted by Gasteiger charge is 2.33. The maximum absolute atomic E-state index is 13.3. The lowest BCUT2D eigenvalue weighted by Crippen LogP contribution is -2.41. The van der Waals surface area contributed by atoms with E-state index in [0.717, 1.165) is 11.1 Å². The van der Waals surface area contributed by atoms with Gasteiger partial charge in [-0.25, -0.2) is 4.39 Å². The summed E-state index contributed by atoms with van der Waals surface area (Å²) in [6.07, 6.45) is 2.18. The molecule has 7 heteroatoms. The molecule has 28 heavy (non-hydrogen) atoms. The zero-order chi connectivity index (χ0) is 20.5. The third kappa shape index (κ3) is 3.77. The van der Waals surface area contributed by atoms with E-state index in [9.17, 15) is 19.4 Å². The van der Waals surface area contributed by atoms with Crippen molar-refractivity contribution in [2.75, 3.05) is 13.2 Å². The second kappa shape index (κ2) is 8.15. The SMILES string of the molecule is CC1c2cccc(C(C)(O)CF)c2CCN1C(=O)Cc1ccnc(CO)c1Cl. The van der Waals surface area contributed by atoms with Crippen molar-refractivity contribution in [3.05, 3.63) is 63.4 Å². The third-order valence-electron chi connectivity index (χ3n) is 5.43. The van der Waals surface area contributed by atoms with Gasteiger partial charge in [0.1, 0.15) is 12.3 Å². The van der Waals surface area contributed by atoms with Gasteiger partial charge in [0.05, 0.1) is 29.8 Å². The Kier molecular flexibility index (Phi) is 6.03. The van der Waals surface area contributed by atoms with E-state index >= 15 is 0 Å². The van der Waals surface area contributed by atoms with E-state index in [1.807, 2.05) is 13.0 Å². The minimum atomic E-state index is -1.54. The van der Waals surface area contributed by atoms with Gasteiger partial charge >= 0.3 is 0 Å². The number of nitrogens with zero attached hydrogens (tertiary/aromatic N) is 2. The van der Waals surface area contributed by atoms with Gasteiger partial charge in [-0.15, -0.1) is 0 Å². The van der Waals surface area contributed by atoms with Crippen LogP contribution in [0.4, 0.5) is 4.39 Å². The molecule has 0 saturated carbocycles. The van der Waals surface area contributed by atoms with Crippen LogP contribution < -0.4 is 0 Å². The molecule has 0 radical (unpaired) electrons. The van der Waals surface area contributed by atoms with Crippen LogP contribution >= 0.6 is 11.6 Å². The fraction of sp³-hybridized carbons (Fsp3) is 0.429. The number of fused-ring (bicyclic) bond motifs is 1. The highest BCUT2D eigenvalue weighted by Crippen LogP contribution is 2.36. The van der Waals surface area contributed by atoms with Crippen LogP contribution in [0.3, 0.4) is 0 Å². The van der Waals surface area contributed by atoms with Gasteiger partial charge in [0.25, 0.3) is 0 Å². The number of pyridine rings is 1. The Labute approximate surface area is 168 Å². The summed E-state index contributed by atoms with van der Waals surface area (Å²) >= 11 is 6.24. The summed E-state index contributed by atoms with van der Waals surface area (Å²) in [6.45, 7) is 2.72. The lowest BCUT2D eigenvalue weighted by Gasteiger charge is -2.38. The van der Waals surface area contributed by atoms with Crippen molar-refractivity contribution < 1.29 is 19.4 Å². The molecule has 5 nitrogen and oxygen atoms in total. The molecule has 3 rings (SSSR count). The molecule has 2 unspecified atom stereocenters. The lowest BCUT2D eigenvalue weighted by molar-refractivity contribution is -0.133. The molecule has 150 valence electrons. The number of aliphatic hydroxyl groups excluding tert-OH is 1. The van der Waals surface area contributed by atoms with Crippen molar-refractivity contribution in [1.29, 1.82) is 0 Å². The van der Waals surface area contributed by atoms with Gasteiger partial charge < -0.3 is 15.1 Å². The predicted molar refractivity (Wildman–Crippen MR) is 105 cm³/mol. The van der Waals surface area contributed by atoms with Gasteiger partial charge in [0, 0.05) is 12.7 Å². The molecule has 1 aromatic heterocycles. The number of carbonyl (C=O) groups is 1. The number of aromatic nitrogens is 1. The van der Waals surface area contributed by atoms with Crippen LogP contribution in [-0.4, -0.2) is 39.2 Å². The normalized spacial score (nSPS) is 18.5. The Morgan fingerprint density at radius 3 is 2.86 bits per heavy atom. The molecule has 1 amide bonds. The number of aliphatic hydroxyl groups is 2. The molecular weight excluding hydrogens is 383 g/mol. The fourth-order valence-corrected chi connectivity index (χ4v) is 4.07. The molecule has 1 aromatic carbocycles. The maximum atomic E-state index is 13.3. The van der Waals surface area contributed by atoms with Gasteiger partial charge in [0.15, 0.2) is 0 Å². The monoisotopic (exact) mass is 406 g/mol. The first-order valence-corrected chi connectivity index (χ1v) is 9.61. The number of benzene rings is 1. The van der Waals surface area contributed by atoms with E-state index in [0.29, 0.717) is 34.8 Å². The maximum Gasteiger partial charge on any atom is 0.227 e. The molecule has 2 aromatic rings. The quantitative estimate of drug-likeness (QED) is 0.800. The van der Waals surface area contributed by atoms with Crippen LogP contribution in [0.1, 0.15) is 47.8 Å². The highest BCUT2D eigenvalue weighted by atomic mass is 35.5. The van der Waals surface area contributed by atoms with Crippen molar-refractivity contribution in [2.24, 2.45) is 0 Å². The van der Waals surface area contributed by atoms with E-state index in [4.69, 9.17) is 11.6 Å². The second-order valence-electron chi connectivity index (χ2n) is 7.36. The summed E-state index contributed by atoms with van der Waals surface area (Å²) in [5.74, 6) is -0.0854. The standard InChI is InChI=1S/C21H24ClFN2O3/c1-13-15-4-3-5-17(21(2,28)12-23)16(15)7-9-25(13)19(27)10-14-6-8-24-18(11-26)20(14)22/h3-6,8,13,26,28H,7,9-12H2,1-2H3. The van der Waals surface area contributed by atoms with Crippen molar-refractivity contribution in [1.82, 2.24) is 9.88 Å². The number of alkyl halides is 1. The Hall–Kier alpha value is -2.02. The van der Waals surface area contributed by atoms with Crippen LogP contribution in [0.15, 0.2) is 30.5 Å². The number of rotatable bonds is 5. The summed E-state index contributed by atoms with van der Waals surface area (Å²) in [5, 5.41) is 20.0. The summed E-state index contributed by atoms with van der Waals surface area (Å²) < 4.78 is 13.3. The van der Waals surface area contributed by atoms with E-state index in [1.54, 1.807) is 23.1 Å². The van der Waals surface area contributed by atoms with Crippen LogP contribution in [0.5, 0.6) is 0 Å². The summed E-state index contributed by atoms with van der Waals surface area (Å²) in [7, 11) is 0. The van der Waals surface area contributed by atoms with Gasteiger partial charge in [-0.05, 0) is 48.6 Å². The topological polar surface area (TPSA) is 73.7 Å². The molecule has 0 spiro atoms. The molecule has 0 bridgehead atoms. The van der Waals surface area contributed by atoms with Crippen molar-refractivity contribution in [2.45, 2.75) is 44.9 Å². The summed E-state index contributed by atoms with van der Waals surface area (Å²) in [6, 6.07) is 6.93. The largest absolute Gasteiger partial charge is 0.390 e. The minimum Gasteiger partial charge on any atom is -0.390 e. The van der Waals surface area contributed by atoms with E-state index in [1.165, 1.54) is 13.1 Å². The van der Waals surface area contributed by atoms with E-state index in [-0.39, 0.29) is 25.0 Å². The average molecular weight is 407 g/mol. The second-order valence-corrected chi connectivity index (χ2v) is 7.74. The zero-order valence-corrected chi connectivity index (χ0v) is 16.7. The number of amides is 1. The van der Waals surface area contributed by atoms with Gasteiger partial charge in [0.2, 0.25) is 5.91 Å². The first-order valence-electron chi connectivity index (χ1n) is 9.23. The Morgan fingerprint density at radius 2 is 2.18 bits per heavy atom. The first-order chi connectivity index (χ1) is 13.3. The number of hydrogen-bond donors (Lipinski definition) is 2. The molecule has 1 aliphatic rings. The average Bonchev–Trinajstić information content (AvgIpc) is 2.69. The van der Waals surface area contributed by atoms with Gasteiger partial charge in [-0.2, -0.15) is 0 Å². The zero-order valence-electron chi connectivity index (χ0n) is 16.0. The number of carbonyl (C=O) groups excluding carboxylic acids is 1. The van der Waals surface area contributed by atoms with Crippen LogP contribution in [0, 0.1) is 0 Å². The van der Waals surface area contributed by atoms with Crippen LogP contribution in [-0.2, 0) is 29.8 Å². The molecule has 2 heterocycles. The fourth-order valence-electron chi connectivity index (χ4n) is 3.83. The molecule has 0 saturated heterocycles.